The summed E-state index contributed by atoms with van der Waals surface area (Å²) >= 11 is 0. The summed E-state index contributed by atoms with van der Waals surface area (Å²) in [5.41, 5.74) is 7.36. The molecule has 0 aliphatic carbocycles. The monoisotopic (exact) mass is 276 g/mol. The zero-order valence-electron chi connectivity index (χ0n) is 11.4. The minimum atomic E-state index is -0.361. The van der Waals surface area contributed by atoms with E-state index in [0.717, 1.165) is 0 Å². The lowest BCUT2D eigenvalue weighted by Crippen LogP contribution is -1.99. The topological polar surface area (TPSA) is 56.5 Å². The predicted octanol–water partition coefficient (Wildman–Crippen LogP) is 3.56. The Morgan fingerprint density at radius 3 is 2.70 bits per heavy atom. The number of hydrogen-bond acceptors (Lipinski definition) is 4. The second-order valence-corrected chi connectivity index (χ2v) is 4.16. The number of halogens is 1. The molecule has 4 nitrogen and oxygen atoms in total. The summed E-state index contributed by atoms with van der Waals surface area (Å²) in [5, 5.41) is 2.98. The summed E-state index contributed by atoms with van der Waals surface area (Å²) in [6.45, 7) is 2.39. The van der Waals surface area contributed by atoms with Gasteiger partial charge in [0, 0.05) is 17.8 Å². The molecule has 0 fully saturated rings. The van der Waals surface area contributed by atoms with E-state index in [9.17, 15) is 4.39 Å². The van der Waals surface area contributed by atoms with Gasteiger partial charge in [-0.15, -0.1) is 0 Å². The number of anilines is 3. The number of rotatable bonds is 5. The lowest BCUT2D eigenvalue weighted by Gasteiger charge is -2.12. The van der Waals surface area contributed by atoms with E-state index in [1.165, 1.54) is 13.2 Å². The first-order valence-corrected chi connectivity index (χ1v) is 6.27. The van der Waals surface area contributed by atoms with E-state index < -0.39 is 0 Å². The van der Waals surface area contributed by atoms with Crippen molar-refractivity contribution < 1.29 is 13.9 Å². The fourth-order valence-corrected chi connectivity index (χ4v) is 1.78. The molecule has 2 rings (SSSR count). The number of nitrogen functional groups attached to an aromatic ring is 1. The van der Waals surface area contributed by atoms with Crippen LogP contribution < -0.4 is 20.5 Å². The van der Waals surface area contributed by atoms with Gasteiger partial charge in [-0.05, 0) is 31.2 Å². The normalized spacial score (nSPS) is 10.2. The van der Waals surface area contributed by atoms with Crippen LogP contribution in [0.25, 0.3) is 0 Å². The molecular weight excluding hydrogens is 259 g/mol. The van der Waals surface area contributed by atoms with Gasteiger partial charge in [-0.3, -0.25) is 0 Å². The number of ether oxygens (including phenoxy) is 2. The fraction of sp³-hybridized carbons (Fsp3) is 0.200. The van der Waals surface area contributed by atoms with E-state index in [1.807, 2.05) is 6.92 Å². The van der Waals surface area contributed by atoms with Gasteiger partial charge in [0.05, 0.1) is 25.1 Å². The number of nitrogens with one attached hydrogen (secondary N) is 1. The van der Waals surface area contributed by atoms with E-state index in [-0.39, 0.29) is 5.82 Å². The van der Waals surface area contributed by atoms with Crippen LogP contribution in [0.2, 0.25) is 0 Å². The Balaban J connectivity index is 2.27. The molecule has 0 amide bonds. The third kappa shape index (κ3) is 3.12. The minimum absolute atomic E-state index is 0.330. The smallest absolute Gasteiger partial charge is 0.146 e. The zero-order chi connectivity index (χ0) is 14.5. The van der Waals surface area contributed by atoms with Crippen molar-refractivity contribution in [3.8, 4) is 11.5 Å². The molecule has 0 unspecified atom stereocenters. The SMILES string of the molecule is CCOc1cc(Nc2cc(OC)ccc2F)ccc1N. The van der Waals surface area contributed by atoms with Crippen molar-refractivity contribution in [1.82, 2.24) is 0 Å². The molecule has 2 aromatic carbocycles. The molecule has 2 aromatic rings. The Morgan fingerprint density at radius 2 is 2.00 bits per heavy atom. The molecule has 20 heavy (non-hydrogen) atoms. The van der Waals surface area contributed by atoms with E-state index >= 15 is 0 Å². The van der Waals surface area contributed by atoms with Gasteiger partial charge in [0.25, 0.3) is 0 Å². The van der Waals surface area contributed by atoms with E-state index in [2.05, 4.69) is 5.32 Å². The lowest BCUT2D eigenvalue weighted by atomic mass is 10.2. The second-order valence-electron chi connectivity index (χ2n) is 4.16. The standard InChI is InChI=1S/C15H17FN2O2/c1-3-20-15-8-10(4-7-13(15)17)18-14-9-11(19-2)5-6-12(14)16/h4-9,18H,3,17H2,1-2H3. The first kappa shape index (κ1) is 14.0. The molecule has 0 saturated heterocycles. The summed E-state index contributed by atoms with van der Waals surface area (Å²) in [4.78, 5) is 0. The highest BCUT2D eigenvalue weighted by molar-refractivity contribution is 5.67. The molecule has 0 aliphatic rings. The highest BCUT2D eigenvalue weighted by Crippen LogP contribution is 2.29. The number of hydrogen-bond donors (Lipinski definition) is 2. The maximum Gasteiger partial charge on any atom is 0.146 e. The van der Waals surface area contributed by atoms with Crippen LogP contribution >= 0.6 is 0 Å². The second kappa shape index (κ2) is 6.14. The lowest BCUT2D eigenvalue weighted by molar-refractivity contribution is 0.342. The first-order chi connectivity index (χ1) is 9.63. The summed E-state index contributed by atoms with van der Waals surface area (Å²) in [5.74, 6) is 0.788. The van der Waals surface area contributed by atoms with Crippen LogP contribution in [0.1, 0.15) is 6.92 Å². The molecule has 0 spiro atoms. The van der Waals surface area contributed by atoms with Gasteiger partial charge in [-0.2, -0.15) is 0 Å². The van der Waals surface area contributed by atoms with Gasteiger partial charge in [0.1, 0.15) is 17.3 Å². The maximum absolute atomic E-state index is 13.7. The number of methoxy groups -OCH3 is 1. The largest absolute Gasteiger partial charge is 0.497 e. The predicted molar refractivity (Wildman–Crippen MR) is 78.3 cm³/mol. The van der Waals surface area contributed by atoms with Crippen LogP contribution in [0.3, 0.4) is 0 Å². The van der Waals surface area contributed by atoms with Crippen molar-refractivity contribution in [2.24, 2.45) is 0 Å². The van der Waals surface area contributed by atoms with Crippen LogP contribution in [0.15, 0.2) is 36.4 Å². The van der Waals surface area contributed by atoms with E-state index in [0.29, 0.717) is 35.2 Å². The van der Waals surface area contributed by atoms with Gasteiger partial charge >= 0.3 is 0 Å². The Hall–Kier alpha value is -2.43. The molecule has 0 saturated carbocycles. The molecule has 0 aliphatic heterocycles. The Labute approximate surface area is 117 Å². The van der Waals surface area contributed by atoms with Gasteiger partial charge < -0.3 is 20.5 Å². The van der Waals surface area contributed by atoms with Crippen LogP contribution in [0.5, 0.6) is 11.5 Å². The van der Waals surface area contributed by atoms with Crippen molar-refractivity contribution in [3.05, 3.63) is 42.2 Å². The quantitative estimate of drug-likeness (QED) is 0.820. The van der Waals surface area contributed by atoms with E-state index in [1.54, 1.807) is 30.3 Å². The highest BCUT2D eigenvalue weighted by Gasteiger charge is 2.07. The minimum Gasteiger partial charge on any atom is -0.497 e. The molecule has 0 heterocycles. The number of nitrogens with two attached hydrogens (primary N) is 1. The molecule has 0 atom stereocenters. The van der Waals surface area contributed by atoms with Gasteiger partial charge in [-0.25, -0.2) is 4.39 Å². The zero-order valence-corrected chi connectivity index (χ0v) is 11.4. The summed E-state index contributed by atoms with van der Waals surface area (Å²) < 4.78 is 24.2. The van der Waals surface area contributed by atoms with Crippen molar-refractivity contribution in [3.63, 3.8) is 0 Å². The molecule has 0 radical (unpaired) electrons. The molecule has 3 N–H and O–H groups in total. The third-order valence-electron chi connectivity index (χ3n) is 2.77. The van der Waals surface area contributed by atoms with Gasteiger partial charge in [0.2, 0.25) is 0 Å². The van der Waals surface area contributed by atoms with Crippen molar-refractivity contribution in [1.29, 1.82) is 0 Å². The van der Waals surface area contributed by atoms with Crippen LogP contribution in [-0.4, -0.2) is 13.7 Å². The van der Waals surface area contributed by atoms with Crippen LogP contribution in [-0.2, 0) is 0 Å². The molecule has 0 aromatic heterocycles. The Morgan fingerprint density at radius 1 is 1.20 bits per heavy atom. The van der Waals surface area contributed by atoms with Gasteiger partial charge in [0.15, 0.2) is 0 Å². The molecular formula is C15H17FN2O2. The molecule has 106 valence electrons. The van der Waals surface area contributed by atoms with Crippen molar-refractivity contribution >= 4 is 17.1 Å². The Bertz CT molecular complexity index is 602. The molecule has 0 bridgehead atoms. The average molecular weight is 276 g/mol. The summed E-state index contributed by atoms with van der Waals surface area (Å²) in [6.07, 6.45) is 0. The maximum atomic E-state index is 13.7. The van der Waals surface area contributed by atoms with Gasteiger partial charge in [-0.1, -0.05) is 0 Å². The summed E-state index contributed by atoms with van der Waals surface area (Å²) in [7, 11) is 1.54. The average Bonchev–Trinajstić information content (AvgIpc) is 2.45. The fourth-order valence-electron chi connectivity index (χ4n) is 1.78. The van der Waals surface area contributed by atoms with Crippen molar-refractivity contribution in [2.75, 3.05) is 24.8 Å². The summed E-state index contributed by atoms with van der Waals surface area (Å²) in [6, 6.07) is 9.71. The van der Waals surface area contributed by atoms with E-state index in [4.69, 9.17) is 15.2 Å². The molecule has 5 heteroatoms. The van der Waals surface area contributed by atoms with Crippen LogP contribution in [0.4, 0.5) is 21.5 Å². The van der Waals surface area contributed by atoms with Crippen molar-refractivity contribution in [2.45, 2.75) is 6.92 Å². The highest BCUT2D eigenvalue weighted by atomic mass is 19.1. The Kier molecular flexibility index (Phi) is 4.30. The van der Waals surface area contributed by atoms with Crippen LogP contribution in [0, 0.1) is 5.82 Å². The number of benzene rings is 2. The third-order valence-corrected chi connectivity index (χ3v) is 2.77. The first-order valence-electron chi connectivity index (χ1n) is 6.27.